The molecule has 0 saturated carbocycles. The Morgan fingerprint density at radius 1 is 0.706 bits per heavy atom. The first kappa shape index (κ1) is 64.2. The fourth-order valence-electron chi connectivity index (χ4n) is 5.59. The van der Waals surface area contributed by atoms with Gasteiger partial charge >= 0.3 is 17.9 Å². The van der Waals surface area contributed by atoms with E-state index in [1.807, 2.05) is 63.7 Å². The van der Waals surface area contributed by atoms with Gasteiger partial charge in [0.15, 0.2) is 6.10 Å². The zero-order chi connectivity index (χ0) is 50.6. The molecule has 0 aromatic rings. The molecular formula is C53H85N2O11PS. The number of esters is 2. The van der Waals surface area contributed by atoms with Gasteiger partial charge in [-0.25, -0.2) is 0 Å². The van der Waals surface area contributed by atoms with Crippen LogP contribution >= 0.6 is 19.6 Å². The average Bonchev–Trinajstić information content (AvgIpc) is 3.28. The molecule has 0 aliphatic rings. The van der Waals surface area contributed by atoms with Gasteiger partial charge in [0.05, 0.1) is 33.9 Å². The van der Waals surface area contributed by atoms with Gasteiger partial charge in [0, 0.05) is 23.8 Å². The van der Waals surface area contributed by atoms with Gasteiger partial charge in [-0.3, -0.25) is 18.9 Å². The molecule has 0 aliphatic carbocycles. The van der Waals surface area contributed by atoms with Crippen LogP contribution in [0.25, 0.3) is 0 Å². The number of carboxylic acids is 1. The number of rotatable bonds is 42. The van der Waals surface area contributed by atoms with Gasteiger partial charge in [-0.1, -0.05) is 148 Å². The molecule has 0 fully saturated rings. The number of phosphoric acid groups is 1. The fraction of sp³-hybridized carbons (Fsp3) is 0.566. The molecule has 0 spiro atoms. The summed E-state index contributed by atoms with van der Waals surface area (Å²) >= 11 is 1.20. The Hall–Kier alpha value is -3.85. The minimum absolute atomic E-state index is 0.0104. The molecule has 5 atom stereocenters. The second kappa shape index (κ2) is 43.2. The quantitative estimate of drug-likeness (QED) is 0.0131. The summed E-state index contributed by atoms with van der Waals surface area (Å²) in [6.45, 7) is 3.38. The molecule has 0 heterocycles. The summed E-state index contributed by atoms with van der Waals surface area (Å²) in [6, 6.07) is -1.16. The molecule has 13 nitrogen and oxygen atoms in total. The number of allylic oxidation sites excluding steroid dienone is 19. The number of nitrogens with zero attached hydrogens (tertiary/aromatic N) is 1. The van der Waals surface area contributed by atoms with Crippen LogP contribution in [0.5, 0.6) is 0 Å². The Labute approximate surface area is 413 Å². The van der Waals surface area contributed by atoms with Crippen molar-refractivity contribution in [3.8, 4) is 0 Å². The van der Waals surface area contributed by atoms with E-state index in [2.05, 4.69) is 80.7 Å². The van der Waals surface area contributed by atoms with Crippen LogP contribution in [-0.4, -0.2) is 109 Å². The summed E-state index contributed by atoms with van der Waals surface area (Å²) in [4.78, 5) is 49.5. The summed E-state index contributed by atoms with van der Waals surface area (Å²) in [5, 5.41) is 19.5. The van der Waals surface area contributed by atoms with Crippen molar-refractivity contribution >= 4 is 37.5 Å². The van der Waals surface area contributed by atoms with E-state index in [1.54, 1.807) is 12.2 Å². The number of quaternary nitrogens is 1. The maximum atomic E-state index is 13.1. The van der Waals surface area contributed by atoms with Gasteiger partial charge in [-0.15, -0.1) is 11.8 Å². The topological polar surface area (TPSA) is 195 Å². The smallest absolute Gasteiger partial charge is 0.323 e. The largest absolute Gasteiger partial charge is 0.756 e. The van der Waals surface area contributed by atoms with E-state index in [0.29, 0.717) is 23.9 Å². The van der Waals surface area contributed by atoms with Gasteiger partial charge < -0.3 is 43.8 Å². The van der Waals surface area contributed by atoms with E-state index in [1.165, 1.54) is 31.0 Å². The van der Waals surface area contributed by atoms with Gasteiger partial charge in [0.2, 0.25) is 0 Å². The fourth-order valence-corrected chi connectivity index (χ4v) is 7.44. The van der Waals surface area contributed by atoms with Crippen molar-refractivity contribution < 1.29 is 57.1 Å². The number of aliphatic hydroxyl groups is 1. The van der Waals surface area contributed by atoms with Crippen LogP contribution in [0.15, 0.2) is 122 Å². The van der Waals surface area contributed by atoms with Gasteiger partial charge in [-0.05, 0) is 77.0 Å². The minimum Gasteiger partial charge on any atom is -0.756 e. The molecule has 0 saturated heterocycles. The summed E-state index contributed by atoms with van der Waals surface area (Å²) in [7, 11) is 0.838. The molecular weight excluding hydrogens is 904 g/mol. The number of carbonyl (C=O) groups is 3. The van der Waals surface area contributed by atoms with Crippen LogP contribution in [0.1, 0.15) is 117 Å². The summed E-state index contributed by atoms with van der Waals surface area (Å²) in [5.74, 6) is -2.42. The molecule has 0 rings (SSSR count). The lowest BCUT2D eigenvalue weighted by Gasteiger charge is -2.28. The van der Waals surface area contributed by atoms with Crippen molar-refractivity contribution in [3.05, 3.63) is 122 Å². The van der Waals surface area contributed by atoms with E-state index in [-0.39, 0.29) is 38.0 Å². The van der Waals surface area contributed by atoms with Crippen LogP contribution in [-0.2, 0) is 37.5 Å². The Morgan fingerprint density at radius 3 is 1.84 bits per heavy atom. The lowest BCUT2D eigenvalue weighted by molar-refractivity contribution is -0.870. The molecule has 1 unspecified atom stereocenters. The number of hydrogen-bond donors (Lipinski definition) is 3. The monoisotopic (exact) mass is 989 g/mol. The van der Waals surface area contributed by atoms with Gasteiger partial charge in [-0.2, -0.15) is 0 Å². The van der Waals surface area contributed by atoms with Crippen molar-refractivity contribution in [2.45, 2.75) is 140 Å². The number of hydrogen-bond acceptors (Lipinski definition) is 12. The molecule has 0 bridgehead atoms. The third-order valence-corrected chi connectivity index (χ3v) is 11.8. The lowest BCUT2D eigenvalue weighted by Crippen LogP contribution is -2.39. The first-order chi connectivity index (χ1) is 32.6. The predicted octanol–water partition coefficient (Wildman–Crippen LogP) is 10.4. The van der Waals surface area contributed by atoms with Crippen molar-refractivity contribution in [2.24, 2.45) is 5.73 Å². The molecule has 0 aromatic heterocycles. The third-order valence-electron chi connectivity index (χ3n) is 9.48. The maximum absolute atomic E-state index is 13.1. The van der Waals surface area contributed by atoms with E-state index >= 15 is 0 Å². The maximum Gasteiger partial charge on any atom is 0.323 e. The Kier molecular flexibility index (Phi) is 40.7. The number of aliphatic carboxylic acids is 1. The number of ether oxygens (including phenoxy) is 2. The van der Waals surface area contributed by atoms with Crippen LogP contribution in [0, 0.1) is 0 Å². The van der Waals surface area contributed by atoms with Crippen LogP contribution in [0.4, 0.5) is 0 Å². The average molecular weight is 989 g/mol. The van der Waals surface area contributed by atoms with Crippen molar-refractivity contribution in [1.29, 1.82) is 0 Å². The first-order valence-electron chi connectivity index (χ1n) is 24.2. The second-order valence-electron chi connectivity index (χ2n) is 16.9. The van der Waals surface area contributed by atoms with Crippen molar-refractivity contribution in [1.82, 2.24) is 0 Å². The number of unbranched alkanes of at least 4 members (excludes halogenated alkanes) is 3. The zero-order valence-electron chi connectivity index (χ0n) is 41.7. The number of nitrogens with two attached hydrogens (primary N) is 1. The molecule has 0 radical (unpaired) electrons. The van der Waals surface area contributed by atoms with Crippen LogP contribution in [0.3, 0.4) is 0 Å². The van der Waals surface area contributed by atoms with E-state index in [0.717, 1.165) is 44.9 Å². The number of likely N-dealkylation sites (N-methyl/N-ethyl adjacent to an activating group) is 1. The van der Waals surface area contributed by atoms with Gasteiger partial charge in [0.25, 0.3) is 7.82 Å². The molecule has 68 heavy (non-hydrogen) atoms. The molecule has 4 N–H and O–H groups in total. The predicted molar refractivity (Wildman–Crippen MR) is 278 cm³/mol. The summed E-state index contributed by atoms with van der Waals surface area (Å²) in [5.41, 5.74) is 6.19. The highest BCUT2D eigenvalue weighted by Crippen LogP contribution is 2.38. The van der Waals surface area contributed by atoms with Crippen molar-refractivity contribution in [3.63, 3.8) is 0 Å². The molecule has 0 aromatic carbocycles. The number of carboxylic acid groups (broad SMARTS) is 1. The standard InChI is InChI=1S/C53H85N2O11PS/c1-6-8-10-12-14-16-18-20-21-22-23-24-25-26-28-30-32-34-36-41-52(59)66-47(45-65-67(61,62)64-43-42-55(3,4)5)44-63-53(60)48(54)46-68-50(49(56)38-37-40-51(57)58)39-35-33-31-29-27-19-17-15-13-11-9-7-2/h8,10,14-17,20-21,23-24,26-29,31-35,39,47-50,56H,6-7,9,11-13,18-19,22,25,30,36-38,40-46,54H2,1-5H3,(H-,57,58,61,62)/b10-8-,16-14-,17-15-,21-20-,24-23-,28-26-,29-27-,33-31+,34-32-,39-35+/t47-,48+,49+,50-/m1/s1. The minimum atomic E-state index is -4.79. The lowest BCUT2D eigenvalue weighted by atomic mass is 10.1. The van der Waals surface area contributed by atoms with E-state index < -0.39 is 62.4 Å². The highest BCUT2D eigenvalue weighted by Gasteiger charge is 2.25. The number of thioether (sulfide) groups is 1. The first-order valence-corrected chi connectivity index (χ1v) is 26.7. The number of aliphatic hydroxyl groups excluding tert-OH is 1. The molecule has 0 amide bonds. The summed E-state index contributed by atoms with van der Waals surface area (Å²) in [6.07, 6.45) is 50.1. The van der Waals surface area contributed by atoms with Crippen molar-refractivity contribution in [2.75, 3.05) is 53.3 Å². The second-order valence-corrected chi connectivity index (χ2v) is 19.6. The number of phosphoric ester groups is 1. The Balaban J connectivity index is 5.30. The zero-order valence-corrected chi connectivity index (χ0v) is 43.4. The number of carbonyl (C=O) groups excluding carboxylic acids is 2. The van der Waals surface area contributed by atoms with E-state index in [4.69, 9.17) is 29.4 Å². The molecule has 384 valence electrons. The normalized spacial score (nSPS) is 15.8. The van der Waals surface area contributed by atoms with Crippen LogP contribution in [0.2, 0.25) is 0 Å². The van der Waals surface area contributed by atoms with E-state index in [9.17, 15) is 28.9 Å². The highest BCUT2D eigenvalue weighted by atomic mass is 32.2. The molecule has 0 aliphatic heterocycles. The SMILES string of the molecule is CC/C=C\C/C=C\C/C=C\C/C=C\C/C=C\C/C=C\CCC(=O)O[C@H](COC(=O)[C@@H](N)CS[C@H](/C=C/C=C/C=C\C/C=C\CCCCC)[C@@H](O)CCCC(=O)O)COP(=O)([O-])OCC[N+](C)(C)C. The van der Waals surface area contributed by atoms with Crippen LogP contribution < -0.4 is 10.6 Å². The summed E-state index contributed by atoms with van der Waals surface area (Å²) < 4.78 is 33.9. The Bertz CT molecular complexity index is 1690. The van der Waals surface area contributed by atoms with Gasteiger partial charge in [0.1, 0.15) is 25.8 Å². The Morgan fingerprint density at radius 2 is 1.26 bits per heavy atom. The highest BCUT2D eigenvalue weighted by molar-refractivity contribution is 8.00. The third kappa shape index (κ3) is 43.4. The molecule has 15 heteroatoms.